The van der Waals surface area contributed by atoms with Crippen molar-refractivity contribution in [3.05, 3.63) is 133 Å². The number of benzene rings is 3. The third-order valence-corrected chi connectivity index (χ3v) is 15.5. The Labute approximate surface area is 360 Å². The summed E-state index contributed by atoms with van der Waals surface area (Å²) in [6.45, 7) is 23.0. The fourth-order valence-electron chi connectivity index (χ4n) is 6.72. The summed E-state index contributed by atoms with van der Waals surface area (Å²) in [7, 11) is 0. The fraction of sp³-hybridized carbons (Fsp3) is 0.208. The standard InChI is InChI=1S/C48H41N3O4S4/c1-27(2)39-22-36-41(21-35(25-49)55-26-52)58-43(45(36)56-39)29-9-15-32(16-10-29)51(34-19-13-31(14-20-34)48(5,6)7)33-17-11-30(12-18-33)44-46-37(23-40(57-46)28(3)4)42(59-44)24-38(50-8)47(53)54/h9-24,26-28H,1-7H3,(H,53,54)/b35-21+,38-24-. The van der Waals surface area contributed by atoms with Gasteiger partial charge in [0.15, 0.2) is 0 Å². The second-order valence-corrected chi connectivity index (χ2v) is 20.0. The van der Waals surface area contributed by atoms with Gasteiger partial charge in [0.2, 0.25) is 5.76 Å². The molecule has 0 unspecified atom stereocenters. The molecule has 3 aromatic carbocycles. The molecule has 7 aromatic rings. The third kappa shape index (κ3) is 8.38. The van der Waals surface area contributed by atoms with Crippen LogP contribution in [0, 0.1) is 17.9 Å². The van der Waals surface area contributed by atoms with Crippen LogP contribution in [-0.2, 0) is 19.7 Å². The number of carbonyl (C=O) groups excluding carboxylic acids is 1. The summed E-state index contributed by atoms with van der Waals surface area (Å²) in [4.78, 5) is 34.6. The Kier molecular flexibility index (Phi) is 11.8. The molecule has 0 fully saturated rings. The topological polar surface area (TPSA) is 95.0 Å². The highest BCUT2D eigenvalue weighted by atomic mass is 32.1. The van der Waals surface area contributed by atoms with Gasteiger partial charge in [-0.15, -0.1) is 45.3 Å². The predicted molar refractivity (Wildman–Crippen MR) is 248 cm³/mol. The molecule has 0 saturated carbocycles. The second kappa shape index (κ2) is 16.8. The number of fused-ring (bicyclic) bond motifs is 2. The highest BCUT2D eigenvalue weighted by Crippen LogP contribution is 2.48. The van der Waals surface area contributed by atoms with E-state index < -0.39 is 5.97 Å². The van der Waals surface area contributed by atoms with Crippen LogP contribution in [0.5, 0.6) is 0 Å². The number of thiophene rings is 4. The van der Waals surface area contributed by atoms with Gasteiger partial charge in [-0.1, -0.05) is 84.9 Å². The number of hydrogen-bond donors (Lipinski definition) is 1. The van der Waals surface area contributed by atoms with Gasteiger partial charge in [0.05, 0.1) is 25.7 Å². The van der Waals surface area contributed by atoms with E-state index in [1.165, 1.54) is 32.7 Å². The summed E-state index contributed by atoms with van der Waals surface area (Å²) in [5, 5.41) is 21.2. The molecule has 11 heteroatoms. The molecule has 0 aliphatic rings. The zero-order valence-corrected chi connectivity index (χ0v) is 36.9. The molecule has 59 heavy (non-hydrogen) atoms. The molecule has 0 aliphatic carbocycles. The largest absolute Gasteiger partial charge is 0.486 e. The summed E-state index contributed by atoms with van der Waals surface area (Å²) in [5.41, 5.74) is 5.94. The van der Waals surface area contributed by atoms with Gasteiger partial charge in [-0.05, 0) is 88.5 Å². The van der Waals surface area contributed by atoms with Crippen LogP contribution in [0.1, 0.15) is 85.4 Å². The minimum atomic E-state index is -1.23. The van der Waals surface area contributed by atoms with E-state index >= 15 is 0 Å². The van der Waals surface area contributed by atoms with E-state index in [0.717, 1.165) is 67.9 Å². The molecular formula is C48H41N3O4S4. The molecule has 0 radical (unpaired) electrons. The maximum atomic E-state index is 11.8. The van der Waals surface area contributed by atoms with Gasteiger partial charge in [-0.25, -0.2) is 4.85 Å². The van der Waals surface area contributed by atoms with Gasteiger partial charge in [0.25, 0.3) is 12.2 Å². The average molecular weight is 852 g/mol. The van der Waals surface area contributed by atoms with Crippen molar-refractivity contribution in [1.29, 1.82) is 5.26 Å². The highest BCUT2D eigenvalue weighted by Gasteiger charge is 2.22. The van der Waals surface area contributed by atoms with Crippen LogP contribution in [0.4, 0.5) is 17.1 Å². The van der Waals surface area contributed by atoms with Crippen LogP contribution in [-0.4, -0.2) is 17.5 Å². The fourth-order valence-corrected chi connectivity index (χ4v) is 11.9. The number of carboxylic acid groups (broad SMARTS) is 1. The lowest BCUT2D eigenvalue weighted by Gasteiger charge is -2.27. The maximum Gasteiger partial charge on any atom is 0.333 e. The zero-order chi connectivity index (χ0) is 42.2. The highest BCUT2D eigenvalue weighted by molar-refractivity contribution is 7.28. The molecule has 0 amide bonds. The first kappa shape index (κ1) is 41.3. The molecule has 0 saturated heterocycles. The molecule has 1 N–H and O–H groups in total. The Morgan fingerprint density at radius 3 is 1.58 bits per heavy atom. The van der Waals surface area contributed by atoms with Crippen LogP contribution in [0.2, 0.25) is 0 Å². The van der Waals surface area contributed by atoms with Crippen molar-refractivity contribution in [2.45, 2.75) is 65.7 Å². The smallest absolute Gasteiger partial charge is 0.333 e. The Morgan fingerprint density at radius 2 is 1.20 bits per heavy atom. The predicted octanol–water partition coefficient (Wildman–Crippen LogP) is 15.0. The number of nitriles is 1. The van der Waals surface area contributed by atoms with Gasteiger partial charge in [-0.2, -0.15) is 5.26 Å². The molecule has 7 rings (SSSR count). The van der Waals surface area contributed by atoms with Crippen LogP contribution in [0.15, 0.2) is 96.4 Å². The van der Waals surface area contributed by atoms with Crippen molar-refractivity contribution in [3.63, 3.8) is 0 Å². The van der Waals surface area contributed by atoms with E-state index in [1.54, 1.807) is 40.1 Å². The number of nitrogens with zero attached hydrogens (tertiary/aromatic N) is 3. The first-order valence-electron chi connectivity index (χ1n) is 19.0. The number of carbonyl (C=O) groups is 2. The minimum Gasteiger partial charge on any atom is -0.486 e. The molecule has 296 valence electrons. The normalized spacial score (nSPS) is 12.3. The zero-order valence-electron chi connectivity index (χ0n) is 33.6. The monoisotopic (exact) mass is 851 g/mol. The van der Waals surface area contributed by atoms with Gasteiger partial charge in [-0.3, -0.25) is 9.59 Å². The summed E-state index contributed by atoms with van der Waals surface area (Å²) < 4.78 is 7.17. The molecule has 4 heterocycles. The molecule has 0 aliphatic heterocycles. The van der Waals surface area contributed by atoms with E-state index in [0.29, 0.717) is 11.8 Å². The number of allylic oxidation sites excluding steroid dienone is 1. The van der Waals surface area contributed by atoms with Crippen LogP contribution >= 0.6 is 45.3 Å². The number of hydrogen-bond acceptors (Lipinski definition) is 9. The van der Waals surface area contributed by atoms with Crippen molar-refractivity contribution >= 4 is 107 Å². The third-order valence-electron chi connectivity index (χ3n) is 9.93. The number of carboxylic acids is 1. The van der Waals surface area contributed by atoms with Crippen molar-refractivity contribution in [1.82, 2.24) is 0 Å². The summed E-state index contributed by atoms with van der Waals surface area (Å²) >= 11 is 6.55. The van der Waals surface area contributed by atoms with E-state index in [2.05, 4.69) is 143 Å². The van der Waals surface area contributed by atoms with Gasteiger partial charge < -0.3 is 14.7 Å². The first-order chi connectivity index (χ1) is 28.2. The van der Waals surface area contributed by atoms with Crippen molar-refractivity contribution in [2.75, 3.05) is 4.90 Å². The van der Waals surface area contributed by atoms with E-state index in [-0.39, 0.29) is 23.3 Å². The van der Waals surface area contributed by atoms with E-state index in [9.17, 15) is 20.0 Å². The molecule has 7 nitrogen and oxygen atoms in total. The Morgan fingerprint density at radius 1 is 0.763 bits per heavy atom. The Hall–Kier alpha value is -5.82. The average Bonchev–Trinajstić information content (AvgIpc) is 3.99. The summed E-state index contributed by atoms with van der Waals surface area (Å²) in [6, 6.07) is 32.0. The van der Waals surface area contributed by atoms with Gasteiger partial charge in [0, 0.05) is 53.4 Å². The van der Waals surface area contributed by atoms with Crippen LogP contribution in [0.3, 0.4) is 0 Å². The molecule has 4 aromatic heterocycles. The lowest BCUT2D eigenvalue weighted by Crippen LogP contribution is -2.13. The van der Waals surface area contributed by atoms with Gasteiger partial charge in [0.1, 0.15) is 6.07 Å². The molecule has 0 bridgehead atoms. The second-order valence-electron chi connectivity index (χ2n) is 15.7. The SMILES string of the molecule is [C-]#[N+]/C(=C\c1sc(-c2ccc(N(c3ccc(-c4sc(/C=C(\C#N)OC=O)c5cc(C(C)C)sc45)cc3)c3ccc(C(C)(C)C)cc3)cc2)c2sc(C(C)C)cc12)C(=O)O. The summed E-state index contributed by atoms with van der Waals surface area (Å²) in [6.07, 6.45) is 3.14. The lowest BCUT2D eigenvalue weighted by molar-refractivity contribution is -0.132. The summed E-state index contributed by atoms with van der Waals surface area (Å²) in [5.74, 6) is -0.646. The first-order valence-corrected chi connectivity index (χ1v) is 22.3. The Bertz CT molecular complexity index is 2850. The molecule has 0 atom stereocenters. The number of anilines is 3. The van der Waals surface area contributed by atoms with Crippen LogP contribution in [0.25, 0.3) is 58.1 Å². The van der Waals surface area contributed by atoms with Crippen molar-refractivity contribution in [2.24, 2.45) is 0 Å². The minimum absolute atomic E-state index is 0.00532. The molecule has 0 spiro atoms. The van der Waals surface area contributed by atoms with Crippen molar-refractivity contribution in [3.8, 4) is 27.0 Å². The maximum absolute atomic E-state index is 11.8. The number of ether oxygens (including phenoxy) is 1. The Balaban J connectivity index is 1.31. The molecular weight excluding hydrogens is 811 g/mol. The number of aliphatic carboxylic acids is 1. The quantitative estimate of drug-likeness (QED) is 0.0432. The van der Waals surface area contributed by atoms with Crippen molar-refractivity contribution < 1.29 is 19.4 Å². The van der Waals surface area contributed by atoms with Crippen LogP contribution < -0.4 is 4.90 Å². The van der Waals surface area contributed by atoms with Gasteiger partial charge >= 0.3 is 5.97 Å². The van der Waals surface area contributed by atoms with E-state index in [4.69, 9.17) is 11.3 Å². The number of rotatable bonds is 12. The van der Waals surface area contributed by atoms with E-state index in [1.807, 2.05) is 6.07 Å². The lowest BCUT2D eigenvalue weighted by atomic mass is 9.87.